The van der Waals surface area contributed by atoms with Crippen LogP contribution in [0.4, 0.5) is 0 Å². The van der Waals surface area contributed by atoms with Gasteiger partial charge in [0.1, 0.15) is 5.71 Å². The molecule has 1 aromatic carbocycles. The maximum absolute atomic E-state index is 12.0. The van der Waals surface area contributed by atoms with Crippen molar-refractivity contribution in [3.63, 3.8) is 0 Å². The molecule has 2 rings (SSSR count). The number of ketones is 1. The average Bonchev–Trinajstić information content (AvgIpc) is 2.71. The molecule has 0 bridgehead atoms. The van der Waals surface area contributed by atoms with Gasteiger partial charge < -0.3 is 0 Å². The molecule has 0 aromatic heterocycles. The molecule has 1 aliphatic rings. The van der Waals surface area contributed by atoms with Crippen molar-refractivity contribution in [1.29, 1.82) is 0 Å². The Morgan fingerprint density at radius 1 is 1.11 bits per heavy atom. The lowest BCUT2D eigenvalue weighted by atomic mass is 10.1. The Labute approximate surface area is 118 Å². The maximum atomic E-state index is 12.0. The van der Waals surface area contributed by atoms with Crippen molar-refractivity contribution < 1.29 is 17.8 Å². The molecule has 19 heavy (non-hydrogen) atoms. The zero-order valence-electron chi connectivity index (χ0n) is 9.12. The molecular weight excluding hydrogens is 315 g/mol. The Morgan fingerprint density at radius 3 is 2.21 bits per heavy atom. The van der Waals surface area contributed by atoms with Crippen LogP contribution >= 0.6 is 23.2 Å². The van der Waals surface area contributed by atoms with E-state index in [4.69, 9.17) is 27.8 Å². The third-order valence-corrected chi connectivity index (χ3v) is 4.70. The Kier molecular flexibility index (Phi) is 3.48. The monoisotopic (exact) mass is 320 g/mol. The molecule has 1 aromatic rings. The van der Waals surface area contributed by atoms with Crippen LogP contribution in [0.25, 0.3) is 0 Å². The van der Waals surface area contributed by atoms with Gasteiger partial charge in [-0.1, -0.05) is 53.5 Å². The second kappa shape index (κ2) is 4.68. The van der Waals surface area contributed by atoms with E-state index in [1.165, 1.54) is 0 Å². The first kappa shape index (κ1) is 14.1. The van der Waals surface area contributed by atoms with Crippen LogP contribution in [0.3, 0.4) is 0 Å². The number of carbonyl (C=O) groups excluding carboxylic acids is 1. The summed E-state index contributed by atoms with van der Waals surface area (Å²) in [6, 6.07) is 8.25. The second-order valence-corrected chi connectivity index (χ2v) is 6.92. The number of nitrogens with zero attached hydrogens (tertiary/aromatic N) is 2. The molecule has 1 heterocycles. The van der Waals surface area contributed by atoms with Crippen LogP contribution in [-0.2, 0) is 14.9 Å². The predicted octanol–water partition coefficient (Wildman–Crippen LogP) is 1.43. The first-order valence-electron chi connectivity index (χ1n) is 4.86. The van der Waals surface area contributed by atoms with E-state index in [9.17, 15) is 13.2 Å². The van der Waals surface area contributed by atoms with E-state index < -0.39 is 25.3 Å². The van der Waals surface area contributed by atoms with E-state index in [0.717, 1.165) is 0 Å². The number of hydrogen-bond donors (Lipinski definition) is 1. The van der Waals surface area contributed by atoms with Crippen LogP contribution in [0, 0.1) is 0 Å². The molecule has 0 saturated carbocycles. The SMILES string of the molecule is O=C1C(c2ccccc2)=NN=C1C(Cl)(Cl)S(=O)(=O)O. The smallest absolute Gasteiger partial charge is 0.285 e. The number of hydrogen-bond acceptors (Lipinski definition) is 5. The molecule has 0 fully saturated rings. The van der Waals surface area contributed by atoms with Gasteiger partial charge in [-0.05, 0) is 0 Å². The summed E-state index contributed by atoms with van der Waals surface area (Å²) < 4.78 is 28.1. The molecular formula is C10H6Cl2N2O4S. The lowest BCUT2D eigenvalue weighted by molar-refractivity contribution is -0.107. The topological polar surface area (TPSA) is 96.2 Å². The van der Waals surface area contributed by atoms with Crippen LogP contribution in [0.2, 0.25) is 0 Å². The molecule has 6 nitrogen and oxygen atoms in total. The molecule has 100 valence electrons. The van der Waals surface area contributed by atoms with Gasteiger partial charge in [-0.2, -0.15) is 8.42 Å². The van der Waals surface area contributed by atoms with Gasteiger partial charge in [0, 0.05) is 5.56 Å². The minimum absolute atomic E-state index is 0.0927. The van der Waals surface area contributed by atoms with Crippen LogP contribution in [0.5, 0.6) is 0 Å². The van der Waals surface area contributed by atoms with Crippen molar-refractivity contribution in [2.45, 2.75) is 3.67 Å². The lowest BCUT2D eigenvalue weighted by Crippen LogP contribution is -2.41. The summed E-state index contributed by atoms with van der Waals surface area (Å²) in [5, 5.41) is 6.92. The quantitative estimate of drug-likeness (QED) is 0.673. The first-order chi connectivity index (χ1) is 8.75. The van der Waals surface area contributed by atoms with Gasteiger partial charge in [0.2, 0.25) is 5.78 Å². The van der Waals surface area contributed by atoms with Gasteiger partial charge in [0.25, 0.3) is 3.67 Å². The molecule has 0 atom stereocenters. The fraction of sp³-hybridized carbons (Fsp3) is 0.100. The summed E-state index contributed by atoms with van der Waals surface area (Å²) in [7, 11) is -4.92. The Bertz CT molecular complexity index is 695. The van der Waals surface area contributed by atoms with Crippen LogP contribution in [-0.4, -0.2) is 33.8 Å². The lowest BCUT2D eigenvalue weighted by Gasteiger charge is -2.14. The van der Waals surface area contributed by atoms with E-state index in [1.54, 1.807) is 30.3 Å². The van der Waals surface area contributed by atoms with Crippen molar-refractivity contribution in [3.8, 4) is 0 Å². The fourth-order valence-electron chi connectivity index (χ4n) is 1.40. The van der Waals surface area contributed by atoms with E-state index in [-0.39, 0.29) is 5.71 Å². The van der Waals surface area contributed by atoms with Crippen molar-refractivity contribution in [2.75, 3.05) is 0 Å². The molecule has 0 amide bonds. The highest BCUT2D eigenvalue weighted by Gasteiger charge is 2.50. The highest BCUT2D eigenvalue weighted by atomic mass is 35.5. The van der Waals surface area contributed by atoms with E-state index in [1.807, 2.05) is 0 Å². The summed E-state index contributed by atoms with van der Waals surface area (Å²) in [4.78, 5) is 12.0. The van der Waals surface area contributed by atoms with Gasteiger partial charge in [0.05, 0.1) is 0 Å². The van der Waals surface area contributed by atoms with Crippen LogP contribution in [0.1, 0.15) is 5.56 Å². The summed E-state index contributed by atoms with van der Waals surface area (Å²) in [6.07, 6.45) is 0. The van der Waals surface area contributed by atoms with Gasteiger partial charge in [-0.3, -0.25) is 9.35 Å². The minimum Gasteiger partial charge on any atom is -0.285 e. The highest BCUT2D eigenvalue weighted by Crippen LogP contribution is 2.32. The number of alkyl halides is 2. The summed E-state index contributed by atoms with van der Waals surface area (Å²) in [6.45, 7) is 0. The molecule has 0 aliphatic carbocycles. The molecule has 0 radical (unpaired) electrons. The van der Waals surface area contributed by atoms with E-state index in [2.05, 4.69) is 10.2 Å². The normalized spacial score (nSPS) is 16.3. The second-order valence-electron chi connectivity index (χ2n) is 3.58. The summed E-state index contributed by atoms with van der Waals surface area (Å²) in [5.74, 6) is -0.853. The number of carbonyl (C=O) groups is 1. The van der Waals surface area contributed by atoms with E-state index in [0.29, 0.717) is 5.56 Å². The molecule has 0 saturated heterocycles. The van der Waals surface area contributed by atoms with E-state index >= 15 is 0 Å². The zero-order valence-corrected chi connectivity index (χ0v) is 11.4. The Hall–Kier alpha value is -1.28. The van der Waals surface area contributed by atoms with Crippen LogP contribution < -0.4 is 0 Å². The van der Waals surface area contributed by atoms with Crippen molar-refractivity contribution in [2.24, 2.45) is 10.2 Å². The number of halogens is 2. The number of rotatable bonds is 3. The largest absolute Gasteiger partial charge is 0.305 e. The first-order valence-corrected chi connectivity index (χ1v) is 7.06. The van der Waals surface area contributed by atoms with Crippen molar-refractivity contribution in [3.05, 3.63) is 35.9 Å². The average molecular weight is 321 g/mol. The van der Waals surface area contributed by atoms with Crippen molar-refractivity contribution >= 4 is 50.5 Å². The number of benzene rings is 1. The van der Waals surface area contributed by atoms with Crippen LogP contribution in [0.15, 0.2) is 40.5 Å². The van der Waals surface area contributed by atoms with Crippen molar-refractivity contribution in [1.82, 2.24) is 0 Å². The maximum Gasteiger partial charge on any atom is 0.305 e. The van der Waals surface area contributed by atoms with Gasteiger partial charge in [0.15, 0.2) is 5.71 Å². The van der Waals surface area contributed by atoms with Gasteiger partial charge in [-0.25, -0.2) is 0 Å². The highest BCUT2D eigenvalue weighted by molar-refractivity contribution is 7.91. The zero-order chi connectivity index (χ0) is 14.3. The van der Waals surface area contributed by atoms with Gasteiger partial charge in [-0.15, -0.1) is 10.2 Å². The fourth-order valence-corrected chi connectivity index (χ4v) is 2.03. The third kappa shape index (κ3) is 2.42. The molecule has 1 aliphatic heterocycles. The number of Topliss-reactive ketones (excluding diaryl/α,β-unsaturated/α-hetero) is 1. The Balaban J connectivity index is 2.37. The van der Waals surface area contributed by atoms with Gasteiger partial charge >= 0.3 is 10.1 Å². The summed E-state index contributed by atoms with van der Waals surface area (Å²) in [5.41, 5.74) is -0.409. The predicted molar refractivity (Wildman–Crippen MR) is 71.4 cm³/mol. The Morgan fingerprint density at radius 2 is 1.68 bits per heavy atom. The third-order valence-electron chi connectivity index (χ3n) is 2.33. The molecule has 1 N–H and O–H groups in total. The molecule has 0 spiro atoms. The minimum atomic E-state index is -4.92. The molecule has 9 heteroatoms. The standard InChI is InChI=1S/C10H6Cl2N2O4S/c11-10(12,19(16,17)18)9-8(15)7(13-14-9)6-4-2-1-3-5-6/h1-5H,(H,16,17,18). The molecule has 0 unspecified atom stereocenters. The summed E-state index contributed by atoms with van der Waals surface area (Å²) >= 11 is 10.9.